The minimum Gasteiger partial charge on any atom is -0.293 e. The molecule has 0 saturated carbocycles. The number of hydrogen-bond donors (Lipinski definition) is 2. The third-order valence-electron chi connectivity index (χ3n) is 1.61. The SMILES string of the molecule is CNN(Cc1ccccc1)S(=O)O. The maximum absolute atomic E-state index is 10.7. The molecule has 0 amide bonds. The van der Waals surface area contributed by atoms with Crippen LogP contribution in [0.2, 0.25) is 0 Å². The van der Waals surface area contributed by atoms with E-state index in [0.717, 1.165) is 5.56 Å². The van der Waals surface area contributed by atoms with Crippen LogP contribution >= 0.6 is 0 Å². The largest absolute Gasteiger partial charge is 0.293 e. The second kappa shape index (κ2) is 5.08. The Morgan fingerprint density at radius 1 is 1.46 bits per heavy atom. The van der Waals surface area contributed by atoms with E-state index in [1.165, 1.54) is 4.41 Å². The summed E-state index contributed by atoms with van der Waals surface area (Å²) in [6.45, 7) is 0.403. The predicted octanol–water partition coefficient (Wildman–Crippen LogP) is 0.760. The topological polar surface area (TPSA) is 52.6 Å². The summed E-state index contributed by atoms with van der Waals surface area (Å²) in [6.07, 6.45) is 0. The molecule has 0 heterocycles. The minimum absolute atomic E-state index is 0.403. The molecule has 0 aliphatic carbocycles. The van der Waals surface area contributed by atoms with E-state index in [0.29, 0.717) is 6.54 Å². The smallest absolute Gasteiger partial charge is 0.249 e. The monoisotopic (exact) mass is 200 g/mol. The van der Waals surface area contributed by atoms with Gasteiger partial charge in [-0.1, -0.05) is 30.3 Å². The predicted molar refractivity (Wildman–Crippen MR) is 51.8 cm³/mol. The number of nitrogens with one attached hydrogen (secondary N) is 1. The maximum Gasteiger partial charge on any atom is 0.249 e. The molecular formula is C8H12N2O2S. The molecule has 13 heavy (non-hydrogen) atoms. The van der Waals surface area contributed by atoms with Crippen molar-refractivity contribution in [3.63, 3.8) is 0 Å². The number of benzene rings is 1. The van der Waals surface area contributed by atoms with Gasteiger partial charge < -0.3 is 0 Å². The van der Waals surface area contributed by atoms with Crippen molar-refractivity contribution in [3.8, 4) is 0 Å². The molecule has 0 fully saturated rings. The molecule has 0 aliphatic heterocycles. The zero-order chi connectivity index (χ0) is 9.68. The van der Waals surface area contributed by atoms with Gasteiger partial charge in [0.2, 0.25) is 11.3 Å². The van der Waals surface area contributed by atoms with Gasteiger partial charge in [0.05, 0.1) is 6.54 Å². The van der Waals surface area contributed by atoms with Gasteiger partial charge >= 0.3 is 0 Å². The lowest BCUT2D eigenvalue weighted by Crippen LogP contribution is -2.35. The molecule has 2 N–H and O–H groups in total. The van der Waals surface area contributed by atoms with Crippen molar-refractivity contribution in [3.05, 3.63) is 35.9 Å². The Kier molecular flexibility index (Phi) is 4.04. The number of hydrazine groups is 1. The van der Waals surface area contributed by atoms with E-state index in [4.69, 9.17) is 4.55 Å². The molecule has 0 radical (unpaired) electrons. The van der Waals surface area contributed by atoms with E-state index in [2.05, 4.69) is 5.43 Å². The summed E-state index contributed by atoms with van der Waals surface area (Å²) in [5.41, 5.74) is 3.62. The van der Waals surface area contributed by atoms with E-state index in [1.54, 1.807) is 7.05 Å². The highest BCUT2D eigenvalue weighted by Crippen LogP contribution is 2.02. The van der Waals surface area contributed by atoms with Gasteiger partial charge in [-0.3, -0.25) is 4.55 Å². The second-order valence-electron chi connectivity index (χ2n) is 2.48. The van der Waals surface area contributed by atoms with Gasteiger partial charge in [0.1, 0.15) is 0 Å². The summed E-state index contributed by atoms with van der Waals surface area (Å²) in [5.74, 6) is 0. The molecule has 1 aromatic rings. The second-order valence-corrected chi connectivity index (χ2v) is 3.38. The lowest BCUT2D eigenvalue weighted by Gasteiger charge is -2.15. The molecule has 1 rings (SSSR count). The maximum atomic E-state index is 10.7. The van der Waals surface area contributed by atoms with Crippen LogP contribution < -0.4 is 5.43 Å². The zero-order valence-electron chi connectivity index (χ0n) is 7.30. The van der Waals surface area contributed by atoms with Crippen LogP contribution in [0.4, 0.5) is 0 Å². The van der Waals surface area contributed by atoms with Gasteiger partial charge in [-0.05, 0) is 12.6 Å². The third kappa shape index (κ3) is 3.23. The average Bonchev–Trinajstić information content (AvgIpc) is 2.15. The molecule has 0 aromatic heterocycles. The van der Waals surface area contributed by atoms with Crippen molar-refractivity contribution in [1.29, 1.82) is 0 Å². The van der Waals surface area contributed by atoms with Crippen LogP contribution in [0.25, 0.3) is 0 Å². The molecule has 1 unspecified atom stereocenters. The van der Waals surface area contributed by atoms with E-state index in [9.17, 15) is 4.21 Å². The van der Waals surface area contributed by atoms with Crippen LogP contribution in [0.1, 0.15) is 5.56 Å². The summed E-state index contributed by atoms with van der Waals surface area (Å²) in [7, 11) is 1.61. The highest BCUT2D eigenvalue weighted by atomic mass is 32.2. The van der Waals surface area contributed by atoms with Crippen LogP contribution in [0.15, 0.2) is 30.3 Å². The van der Waals surface area contributed by atoms with Crippen LogP contribution in [-0.2, 0) is 17.8 Å². The first-order valence-corrected chi connectivity index (χ1v) is 4.90. The highest BCUT2D eigenvalue weighted by Gasteiger charge is 2.07. The molecule has 5 heteroatoms. The molecule has 1 atom stereocenters. The Labute approximate surface area is 80.0 Å². The van der Waals surface area contributed by atoms with Crippen molar-refractivity contribution >= 4 is 11.3 Å². The Morgan fingerprint density at radius 2 is 2.08 bits per heavy atom. The average molecular weight is 200 g/mol. The fraction of sp³-hybridized carbons (Fsp3) is 0.250. The number of nitrogens with zero attached hydrogens (tertiary/aromatic N) is 1. The standard InChI is InChI=1S/C8H12N2O2S/c1-9-10(13(11)12)7-8-5-3-2-4-6-8/h2-6,9H,7H2,1H3,(H,11,12). The van der Waals surface area contributed by atoms with Crippen molar-refractivity contribution in [2.75, 3.05) is 7.05 Å². The molecule has 72 valence electrons. The Balaban J connectivity index is 2.62. The van der Waals surface area contributed by atoms with Crippen molar-refractivity contribution < 1.29 is 8.76 Å². The van der Waals surface area contributed by atoms with E-state index in [1.807, 2.05) is 30.3 Å². The summed E-state index contributed by atoms with van der Waals surface area (Å²) in [6, 6.07) is 9.49. The van der Waals surface area contributed by atoms with E-state index >= 15 is 0 Å². The molecular weight excluding hydrogens is 188 g/mol. The first kappa shape index (κ1) is 10.3. The van der Waals surface area contributed by atoms with Gasteiger partial charge in [0.25, 0.3) is 0 Å². The molecule has 0 bridgehead atoms. The van der Waals surface area contributed by atoms with Gasteiger partial charge in [0, 0.05) is 0 Å². The summed E-state index contributed by atoms with van der Waals surface area (Å²) < 4.78 is 20.8. The molecule has 0 aliphatic rings. The van der Waals surface area contributed by atoms with E-state index < -0.39 is 11.3 Å². The number of hydrogen-bond acceptors (Lipinski definition) is 2. The van der Waals surface area contributed by atoms with E-state index in [-0.39, 0.29) is 0 Å². The van der Waals surface area contributed by atoms with Gasteiger partial charge in [-0.2, -0.15) is 0 Å². The molecule has 0 spiro atoms. The van der Waals surface area contributed by atoms with Crippen molar-refractivity contribution in [2.45, 2.75) is 6.54 Å². The van der Waals surface area contributed by atoms with Crippen LogP contribution in [-0.4, -0.2) is 20.2 Å². The van der Waals surface area contributed by atoms with Gasteiger partial charge in [-0.25, -0.2) is 9.63 Å². The first-order chi connectivity index (χ1) is 6.24. The normalized spacial score (nSPS) is 13.2. The van der Waals surface area contributed by atoms with Gasteiger partial charge in [0.15, 0.2) is 0 Å². The Hall–Kier alpha value is -0.750. The van der Waals surface area contributed by atoms with Crippen LogP contribution in [0.5, 0.6) is 0 Å². The summed E-state index contributed by atoms with van der Waals surface area (Å²) in [5, 5.41) is 0. The first-order valence-electron chi connectivity index (χ1n) is 3.84. The van der Waals surface area contributed by atoms with Crippen LogP contribution in [0, 0.1) is 0 Å². The summed E-state index contributed by atoms with van der Waals surface area (Å²) in [4.78, 5) is 0. The number of rotatable bonds is 4. The Bertz CT molecular complexity index is 279. The third-order valence-corrected chi connectivity index (χ3v) is 2.30. The minimum atomic E-state index is -1.98. The lowest BCUT2D eigenvalue weighted by atomic mass is 10.2. The Morgan fingerprint density at radius 3 is 2.54 bits per heavy atom. The van der Waals surface area contributed by atoms with Crippen molar-refractivity contribution in [2.24, 2.45) is 0 Å². The highest BCUT2D eigenvalue weighted by molar-refractivity contribution is 7.76. The fourth-order valence-corrected chi connectivity index (χ4v) is 1.38. The van der Waals surface area contributed by atoms with Gasteiger partial charge in [-0.15, -0.1) is 4.41 Å². The molecule has 0 saturated heterocycles. The molecule has 1 aromatic carbocycles. The lowest BCUT2D eigenvalue weighted by molar-refractivity contribution is 0.328. The van der Waals surface area contributed by atoms with Crippen molar-refractivity contribution in [1.82, 2.24) is 9.84 Å². The fourth-order valence-electron chi connectivity index (χ4n) is 0.962. The quantitative estimate of drug-likeness (QED) is 0.557. The van der Waals surface area contributed by atoms with Crippen LogP contribution in [0.3, 0.4) is 0 Å². The summed E-state index contributed by atoms with van der Waals surface area (Å²) >= 11 is -1.98. The zero-order valence-corrected chi connectivity index (χ0v) is 8.12. The molecule has 4 nitrogen and oxygen atoms in total.